The first kappa shape index (κ1) is 19.3. The number of furan rings is 2. The van der Waals surface area contributed by atoms with Crippen LogP contribution in [0.15, 0.2) is 39.4 Å². The number of likely N-dealkylation sites (tertiary alicyclic amines) is 1. The minimum atomic E-state index is -0.351. The van der Waals surface area contributed by atoms with Crippen molar-refractivity contribution in [3.8, 4) is 11.5 Å². The van der Waals surface area contributed by atoms with Crippen LogP contribution in [0.3, 0.4) is 0 Å². The Balaban J connectivity index is 1.76. The van der Waals surface area contributed by atoms with Gasteiger partial charge in [-0.05, 0) is 63.2 Å². The summed E-state index contributed by atoms with van der Waals surface area (Å²) < 4.78 is 16.7. The zero-order valence-electron chi connectivity index (χ0n) is 16.7. The molecule has 3 aromatic rings. The number of fused-ring (bicyclic) bond motifs is 1. The van der Waals surface area contributed by atoms with Gasteiger partial charge in [-0.25, -0.2) is 0 Å². The first-order chi connectivity index (χ1) is 14.1. The van der Waals surface area contributed by atoms with Gasteiger partial charge in [0, 0.05) is 6.54 Å². The quantitative estimate of drug-likeness (QED) is 0.471. The molecule has 2 aromatic heterocycles. The van der Waals surface area contributed by atoms with E-state index in [0.29, 0.717) is 34.6 Å². The van der Waals surface area contributed by atoms with Crippen molar-refractivity contribution in [2.45, 2.75) is 32.7 Å². The van der Waals surface area contributed by atoms with Gasteiger partial charge in [0.15, 0.2) is 5.78 Å². The van der Waals surface area contributed by atoms with E-state index in [2.05, 4.69) is 4.90 Å². The van der Waals surface area contributed by atoms with Gasteiger partial charge in [-0.15, -0.1) is 0 Å². The monoisotopic (exact) mass is 395 g/mol. The van der Waals surface area contributed by atoms with Crippen LogP contribution in [-0.4, -0.2) is 36.0 Å². The highest BCUT2D eigenvalue weighted by Gasteiger charge is 2.27. The number of carbonyl (C=O) groups excluding carboxylic acids is 1. The fourth-order valence-electron chi connectivity index (χ4n) is 3.93. The lowest BCUT2D eigenvalue weighted by atomic mass is 9.98. The number of nitrogens with zero attached hydrogens (tertiary/aromatic N) is 1. The lowest BCUT2D eigenvalue weighted by Crippen LogP contribution is -2.29. The molecule has 0 unspecified atom stereocenters. The van der Waals surface area contributed by atoms with Crippen molar-refractivity contribution in [2.75, 3.05) is 20.2 Å². The van der Waals surface area contributed by atoms with Gasteiger partial charge < -0.3 is 18.7 Å². The van der Waals surface area contributed by atoms with Crippen molar-refractivity contribution >= 4 is 22.8 Å². The topological polar surface area (TPSA) is 76.1 Å². The number of aromatic hydroxyl groups is 1. The lowest BCUT2D eigenvalue weighted by molar-refractivity contribution is 0.104. The number of rotatable bonds is 6. The Labute approximate surface area is 169 Å². The molecule has 1 saturated heterocycles. The Bertz CT molecular complexity index is 1050. The first-order valence-electron chi connectivity index (χ1n) is 9.88. The van der Waals surface area contributed by atoms with Gasteiger partial charge in [0.2, 0.25) is 0 Å². The van der Waals surface area contributed by atoms with Crippen LogP contribution in [0.5, 0.6) is 11.5 Å². The zero-order chi connectivity index (χ0) is 20.4. The second-order valence-corrected chi connectivity index (χ2v) is 7.38. The largest absolute Gasteiger partial charge is 0.507 e. The zero-order valence-corrected chi connectivity index (χ0v) is 16.7. The van der Waals surface area contributed by atoms with E-state index in [-0.39, 0.29) is 17.1 Å². The van der Waals surface area contributed by atoms with Crippen LogP contribution >= 0.6 is 0 Å². The third-order valence-electron chi connectivity index (χ3n) is 5.37. The highest BCUT2D eigenvalue weighted by Crippen LogP contribution is 2.42. The molecule has 1 aromatic carbocycles. The summed E-state index contributed by atoms with van der Waals surface area (Å²) in [6, 6.07) is 5.39. The maximum absolute atomic E-state index is 13.0. The van der Waals surface area contributed by atoms with Crippen LogP contribution in [0.2, 0.25) is 0 Å². The molecule has 1 aliphatic heterocycles. The number of ether oxygens (including phenoxy) is 1. The molecule has 0 bridgehead atoms. The smallest absolute Gasteiger partial charge is 0.193 e. The predicted octanol–water partition coefficient (Wildman–Crippen LogP) is 4.93. The number of carbonyl (C=O) groups is 1. The normalized spacial score (nSPS) is 15.4. The minimum absolute atomic E-state index is 0.0832. The van der Waals surface area contributed by atoms with E-state index in [4.69, 9.17) is 13.6 Å². The molecule has 1 aliphatic rings. The Morgan fingerprint density at radius 3 is 2.72 bits per heavy atom. The summed E-state index contributed by atoms with van der Waals surface area (Å²) in [7, 11) is 1.49. The molecule has 0 atom stereocenters. The SMILES string of the molecule is COc1c(C(=O)/C=C/c2ccc(C)o2)c(O)c(CN2CCCCC2)c2occc12. The highest BCUT2D eigenvalue weighted by atomic mass is 16.5. The Morgan fingerprint density at radius 2 is 2.03 bits per heavy atom. The fourth-order valence-corrected chi connectivity index (χ4v) is 3.93. The Kier molecular flexibility index (Phi) is 5.45. The summed E-state index contributed by atoms with van der Waals surface area (Å²) in [5.74, 6) is 1.23. The van der Waals surface area contributed by atoms with Gasteiger partial charge in [-0.3, -0.25) is 9.69 Å². The van der Waals surface area contributed by atoms with Crippen LogP contribution in [0, 0.1) is 6.92 Å². The van der Waals surface area contributed by atoms with Crippen LogP contribution in [0.4, 0.5) is 0 Å². The number of benzene rings is 1. The number of piperidine rings is 1. The molecule has 29 heavy (non-hydrogen) atoms. The molecule has 1 N–H and O–H groups in total. The molecular formula is C23H25NO5. The molecule has 0 amide bonds. The molecule has 1 fully saturated rings. The van der Waals surface area contributed by atoms with Gasteiger partial charge in [0.1, 0.15) is 34.2 Å². The predicted molar refractivity (Wildman–Crippen MR) is 110 cm³/mol. The van der Waals surface area contributed by atoms with Gasteiger partial charge in [0.25, 0.3) is 0 Å². The summed E-state index contributed by atoms with van der Waals surface area (Å²) in [4.78, 5) is 15.3. The van der Waals surface area contributed by atoms with E-state index in [9.17, 15) is 9.90 Å². The Morgan fingerprint density at radius 1 is 1.24 bits per heavy atom. The van der Waals surface area contributed by atoms with Gasteiger partial charge in [-0.1, -0.05) is 6.42 Å². The second-order valence-electron chi connectivity index (χ2n) is 7.38. The third-order valence-corrected chi connectivity index (χ3v) is 5.37. The summed E-state index contributed by atoms with van der Waals surface area (Å²) in [5.41, 5.74) is 1.33. The maximum atomic E-state index is 13.0. The van der Waals surface area contributed by atoms with Crippen molar-refractivity contribution in [2.24, 2.45) is 0 Å². The molecule has 4 rings (SSSR count). The van der Waals surface area contributed by atoms with Crippen molar-refractivity contribution in [3.63, 3.8) is 0 Å². The number of allylic oxidation sites excluding steroid dienone is 1. The number of phenols is 1. The molecule has 152 valence electrons. The number of aryl methyl sites for hydroxylation is 1. The molecule has 6 heteroatoms. The van der Waals surface area contributed by atoms with E-state index < -0.39 is 0 Å². The fraction of sp³-hybridized carbons (Fsp3) is 0.348. The summed E-state index contributed by atoms with van der Waals surface area (Å²) >= 11 is 0. The third kappa shape index (κ3) is 3.80. The van der Waals surface area contributed by atoms with Crippen LogP contribution < -0.4 is 4.74 Å². The molecule has 0 saturated carbocycles. The average molecular weight is 395 g/mol. The van der Waals surface area contributed by atoms with E-state index >= 15 is 0 Å². The van der Waals surface area contributed by atoms with Crippen LogP contribution in [0.1, 0.15) is 46.7 Å². The van der Waals surface area contributed by atoms with Gasteiger partial charge in [-0.2, -0.15) is 0 Å². The van der Waals surface area contributed by atoms with E-state index in [0.717, 1.165) is 31.7 Å². The highest BCUT2D eigenvalue weighted by molar-refractivity contribution is 6.14. The number of methoxy groups -OCH3 is 1. The van der Waals surface area contributed by atoms with Crippen molar-refractivity contribution in [1.29, 1.82) is 0 Å². The average Bonchev–Trinajstić information content (AvgIpc) is 3.37. The number of phenolic OH excluding ortho intramolecular Hbond substituents is 1. The van der Waals surface area contributed by atoms with E-state index in [1.165, 1.54) is 19.6 Å². The molecule has 3 heterocycles. The van der Waals surface area contributed by atoms with Gasteiger partial charge >= 0.3 is 0 Å². The molecule has 0 aliphatic carbocycles. The molecular weight excluding hydrogens is 370 g/mol. The minimum Gasteiger partial charge on any atom is -0.507 e. The summed E-state index contributed by atoms with van der Waals surface area (Å²) in [5, 5.41) is 11.8. The second kappa shape index (κ2) is 8.17. The van der Waals surface area contributed by atoms with Crippen LogP contribution in [0.25, 0.3) is 17.0 Å². The van der Waals surface area contributed by atoms with Crippen molar-refractivity contribution in [3.05, 3.63) is 53.2 Å². The molecule has 0 radical (unpaired) electrons. The van der Waals surface area contributed by atoms with E-state index in [1.807, 2.05) is 13.0 Å². The number of hydrogen-bond donors (Lipinski definition) is 1. The first-order valence-corrected chi connectivity index (χ1v) is 9.88. The lowest BCUT2D eigenvalue weighted by Gasteiger charge is -2.27. The summed E-state index contributed by atoms with van der Waals surface area (Å²) in [6.07, 6.45) is 8.04. The Hall–Kier alpha value is -2.99. The van der Waals surface area contributed by atoms with Crippen LogP contribution in [-0.2, 0) is 6.54 Å². The van der Waals surface area contributed by atoms with Gasteiger partial charge in [0.05, 0.1) is 24.3 Å². The molecule has 6 nitrogen and oxygen atoms in total. The number of ketones is 1. The standard InChI is InChI=1S/C23H25NO5/c1-15-6-7-16(29-15)8-9-19(25)20-21(26)18(14-24-11-4-3-5-12-24)22-17(10-13-28-22)23(20)27-2/h6-10,13,26H,3-5,11-12,14H2,1-2H3/b9-8+. The number of hydrogen-bond acceptors (Lipinski definition) is 6. The van der Waals surface area contributed by atoms with Crippen molar-refractivity contribution in [1.82, 2.24) is 4.90 Å². The summed E-state index contributed by atoms with van der Waals surface area (Å²) in [6.45, 7) is 4.30. The van der Waals surface area contributed by atoms with E-state index in [1.54, 1.807) is 24.5 Å². The maximum Gasteiger partial charge on any atom is 0.193 e. The van der Waals surface area contributed by atoms with Crippen molar-refractivity contribution < 1.29 is 23.5 Å². The molecule has 0 spiro atoms.